The zero-order valence-corrected chi connectivity index (χ0v) is 29.7. The Bertz CT molecular complexity index is 2850. The van der Waals surface area contributed by atoms with Gasteiger partial charge in [-0.25, -0.2) is 15.0 Å². The lowest BCUT2D eigenvalue weighted by Gasteiger charge is -2.12. The van der Waals surface area contributed by atoms with E-state index < -0.39 is 0 Å². The third-order valence-corrected chi connectivity index (χ3v) is 9.94. The minimum atomic E-state index is 0.607. The van der Waals surface area contributed by atoms with E-state index in [0.29, 0.717) is 5.82 Å². The molecule has 0 saturated heterocycles. The van der Waals surface area contributed by atoms with Crippen LogP contribution in [-0.4, -0.2) is 29.5 Å². The van der Waals surface area contributed by atoms with Crippen molar-refractivity contribution in [2.45, 2.75) is 0 Å². The van der Waals surface area contributed by atoms with Crippen LogP contribution < -0.4 is 0 Å². The summed E-state index contributed by atoms with van der Waals surface area (Å²) < 4.78 is 2.33. The van der Waals surface area contributed by atoms with Gasteiger partial charge in [-0.05, 0) is 77.9 Å². The van der Waals surface area contributed by atoms with Crippen molar-refractivity contribution in [3.63, 3.8) is 0 Å². The highest BCUT2D eigenvalue weighted by Gasteiger charge is 2.16. The number of nitrogens with zero attached hydrogens (tertiary/aromatic N) is 6. The van der Waals surface area contributed by atoms with Gasteiger partial charge in [-0.2, -0.15) is 0 Å². The minimum absolute atomic E-state index is 0.607. The summed E-state index contributed by atoms with van der Waals surface area (Å²) in [5.74, 6) is 0.607. The van der Waals surface area contributed by atoms with Crippen molar-refractivity contribution in [3.8, 4) is 73.5 Å². The molecular formula is C49H32N6. The lowest BCUT2D eigenvalue weighted by molar-refractivity contribution is 1.16. The summed E-state index contributed by atoms with van der Waals surface area (Å²) in [5.41, 5.74) is 13.1. The van der Waals surface area contributed by atoms with Crippen LogP contribution in [0, 0.1) is 0 Å². The normalized spacial score (nSPS) is 11.3. The minimum Gasteiger partial charge on any atom is -0.309 e. The molecule has 10 rings (SSSR count). The van der Waals surface area contributed by atoms with E-state index in [2.05, 4.69) is 125 Å². The lowest BCUT2D eigenvalue weighted by atomic mass is 10.0. The third-order valence-electron chi connectivity index (χ3n) is 9.94. The van der Waals surface area contributed by atoms with Crippen LogP contribution in [0.5, 0.6) is 0 Å². The van der Waals surface area contributed by atoms with Gasteiger partial charge in [0.1, 0.15) is 0 Å². The van der Waals surface area contributed by atoms with Crippen molar-refractivity contribution in [2.75, 3.05) is 0 Å². The van der Waals surface area contributed by atoms with Crippen molar-refractivity contribution in [1.29, 1.82) is 0 Å². The second-order valence-electron chi connectivity index (χ2n) is 13.4. The fourth-order valence-corrected chi connectivity index (χ4v) is 7.28. The summed E-state index contributed by atoms with van der Waals surface area (Å²) in [6.07, 6.45) is 3.60. The predicted molar refractivity (Wildman–Crippen MR) is 222 cm³/mol. The Morgan fingerprint density at radius 3 is 1.51 bits per heavy atom. The van der Waals surface area contributed by atoms with Crippen molar-refractivity contribution >= 4 is 21.8 Å². The Labute approximate surface area is 318 Å². The number of hydrogen-bond donors (Lipinski definition) is 0. The first-order chi connectivity index (χ1) is 27.2. The van der Waals surface area contributed by atoms with Crippen molar-refractivity contribution < 1.29 is 0 Å². The van der Waals surface area contributed by atoms with Crippen LogP contribution in [-0.2, 0) is 0 Å². The second kappa shape index (κ2) is 13.8. The Kier molecular flexibility index (Phi) is 8.04. The van der Waals surface area contributed by atoms with Gasteiger partial charge in [0.15, 0.2) is 5.82 Å². The van der Waals surface area contributed by atoms with E-state index in [1.807, 2.05) is 66.7 Å². The maximum atomic E-state index is 5.18. The molecule has 0 spiro atoms. The summed E-state index contributed by atoms with van der Waals surface area (Å²) in [4.78, 5) is 24.8. The summed E-state index contributed by atoms with van der Waals surface area (Å²) >= 11 is 0. The maximum absolute atomic E-state index is 5.18. The Morgan fingerprint density at radius 1 is 0.309 bits per heavy atom. The molecular weight excluding hydrogens is 673 g/mol. The molecule has 10 aromatic rings. The van der Waals surface area contributed by atoms with E-state index in [9.17, 15) is 0 Å². The van der Waals surface area contributed by atoms with Crippen molar-refractivity contribution in [1.82, 2.24) is 29.5 Å². The van der Waals surface area contributed by atoms with Crippen LogP contribution in [0.25, 0.3) is 95.3 Å². The molecule has 5 aromatic heterocycles. The van der Waals surface area contributed by atoms with Gasteiger partial charge in [0.05, 0.1) is 45.2 Å². The number of rotatable bonds is 7. The summed E-state index contributed by atoms with van der Waals surface area (Å²) in [5, 5.41) is 2.48. The molecule has 0 atom stereocenters. The van der Waals surface area contributed by atoms with Gasteiger partial charge in [0.25, 0.3) is 0 Å². The quantitative estimate of drug-likeness (QED) is 0.165. The fourth-order valence-electron chi connectivity index (χ4n) is 7.28. The Hall–Kier alpha value is -7.57. The molecule has 6 heteroatoms. The van der Waals surface area contributed by atoms with E-state index in [1.54, 1.807) is 12.4 Å². The second-order valence-corrected chi connectivity index (χ2v) is 13.4. The molecule has 55 heavy (non-hydrogen) atoms. The van der Waals surface area contributed by atoms with E-state index in [0.717, 1.165) is 67.7 Å². The first-order valence-electron chi connectivity index (χ1n) is 18.2. The van der Waals surface area contributed by atoms with Gasteiger partial charge in [0.2, 0.25) is 0 Å². The van der Waals surface area contributed by atoms with Crippen LogP contribution in [0.1, 0.15) is 0 Å². The van der Waals surface area contributed by atoms with Gasteiger partial charge in [-0.1, -0.05) is 115 Å². The first-order valence-corrected chi connectivity index (χ1v) is 18.2. The average molecular weight is 705 g/mol. The molecule has 6 nitrogen and oxygen atoms in total. The number of para-hydroxylation sites is 2. The van der Waals surface area contributed by atoms with Gasteiger partial charge >= 0.3 is 0 Å². The number of pyridine rings is 3. The number of benzene rings is 5. The monoisotopic (exact) mass is 704 g/mol. The van der Waals surface area contributed by atoms with Gasteiger partial charge in [-0.15, -0.1) is 0 Å². The molecule has 0 aliphatic carbocycles. The van der Waals surface area contributed by atoms with Crippen LogP contribution in [0.4, 0.5) is 0 Å². The zero-order chi connectivity index (χ0) is 36.6. The fraction of sp³-hybridized carbons (Fsp3) is 0. The highest BCUT2D eigenvalue weighted by atomic mass is 15.0. The molecule has 5 aromatic carbocycles. The van der Waals surface area contributed by atoms with E-state index >= 15 is 0 Å². The molecule has 5 heterocycles. The largest absolute Gasteiger partial charge is 0.309 e. The number of hydrogen-bond acceptors (Lipinski definition) is 5. The average Bonchev–Trinajstić information content (AvgIpc) is 3.61. The maximum Gasteiger partial charge on any atom is 0.160 e. The molecule has 0 fully saturated rings. The standard InChI is InChI=1S/C49H32N6/c1-3-13-33(14-4-1)37-30-45(41-19-11-12-27-50-41)52-46(31-37)44-29-36(26-28-51-44)49-53-42(34-15-5-2-6-16-34)32-43(54-49)35-22-24-38(25-23-35)55-47-20-9-7-17-39(47)40-18-8-10-21-48(40)55/h1-32H. The van der Waals surface area contributed by atoms with Crippen LogP contribution in [0.15, 0.2) is 194 Å². The molecule has 0 saturated carbocycles. The lowest BCUT2D eigenvalue weighted by Crippen LogP contribution is -1.98. The van der Waals surface area contributed by atoms with Crippen molar-refractivity contribution in [2.24, 2.45) is 0 Å². The zero-order valence-electron chi connectivity index (χ0n) is 29.7. The van der Waals surface area contributed by atoms with Crippen LogP contribution in [0.3, 0.4) is 0 Å². The number of fused-ring (bicyclic) bond motifs is 3. The van der Waals surface area contributed by atoms with Gasteiger partial charge in [-0.3, -0.25) is 9.97 Å². The van der Waals surface area contributed by atoms with E-state index in [4.69, 9.17) is 19.9 Å². The molecule has 0 radical (unpaired) electrons. The van der Waals surface area contributed by atoms with Gasteiger partial charge < -0.3 is 4.57 Å². The molecule has 0 aliphatic heterocycles. The molecule has 0 N–H and O–H groups in total. The van der Waals surface area contributed by atoms with Crippen molar-refractivity contribution in [3.05, 3.63) is 194 Å². The molecule has 258 valence electrons. The highest BCUT2D eigenvalue weighted by molar-refractivity contribution is 6.09. The molecule has 0 unspecified atom stereocenters. The Morgan fingerprint density at radius 2 is 0.855 bits per heavy atom. The summed E-state index contributed by atoms with van der Waals surface area (Å²) in [7, 11) is 0. The molecule has 0 amide bonds. The first kappa shape index (κ1) is 32.1. The van der Waals surface area contributed by atoms with Crippen LogP contribution in [0.2, 0.25) is 0 Å². The summed E-state index contributed by atoms with van der Waals surface area (Å²) in [6, 6.07) is 62.4. The van der Waals surface area contributed by atoms with Crippen LogP contribution >= 0.6 is 0 Å². The smallest absolute Gasteiger partial charge is 0.160 e. The molecule has 0 aliphatic rings. The topological polar surface area (TPSA) is 69.4 Å². The molecule has 0 bridgehead atoms. The van der Waals surface area contributed by atoms with E-state index in [-0.39, 0.29) is 0 Å². The highest BCUT2D eigenvalue weighted by Crippen LogP contribution is 2.35. The predicted octanol–water partition coefficient (Wildman–Crippen LogP) is 11.8. The Balaban J connectivity index is 1.08. The van der Waals surface area contributed by atoms with Gasteiger partial charge in [0, 0.05) is 45.5 Å². The number of aromatic nitrogens is 6. The summed E-state index contributed by atoms with van der Waals surface area (Å²) in [6.45, 7) is 0. The SMILES string of the molecule is c1ccc(-c2cc(-c3ccccn3)nc(-c3cc(-c4nc(-c5ccccc5)cc(-c5ccc(-n6c7ccccc7c7ccccc76)cc5)n4)ccn3)c2)cc1. The third kappa shape index (κ3) is 6.11. The van der Waals surface area contributed by atoms with E-state index in [1.165, 1.54) is 21.8 Å².